The molecule has 1 aromatic heterocycles. The average molecular weight is 420 g/mol. The van der Waals surface area contributed by atoms with Crippen LogP contribution in [0.25, 0.3) is 0 Å². The molecule has 160 valence electrons. The highest BCUT2D eigenvalue weighted by molar-refractivity contribution is 5.99. The zero-order chi connectivity index (χ0) is 21.8. The van der Waals surface area contributed by atoms with Gasteiger partial charge in [0.05, 0.1) is 5.69 Å². The number of halogens is 1. The van der Waals surface area contributed by atoms with Gasteiger partial charge in [0.25, 0.3) is 0 Å². The number of ketones is 1. The Labute approximate surface area is 181 Å². The van der Waals surface area contributed by atoms with Crippen molar-refractivity contribution in [2.75, 3.05) is 25.2 Å². The van der Waals surface area contributed by atoms with E-state index >= 15 is 0 Å². The molecule has 0 saturated heterocycles. The SMILES string of the molecule is COCCCC(=O)c1cccc2c1CCN2c1cc(Cc2cc(C)cc(F)c2)ncn1. The van der Waals surface area contributed by atoms with Gasteiger partial charge in [0, 0.05) is 50.4 Å². The van der Waals surface area contributed by atoms with Crippen LogP contribution in [0.2, 0.25) is 0 Å². The molecule has 1 aliphatic heterocycles. The number of aromatic nitrogens is 2. The molecule has 31 heavy (non-hydrogen) atoms. The highest BCUT2D eigenvalue weighted by Gasteiger charge is 2.26. The Bertz CT molecular complexity index is 1080. The smallest absolute Gasteiger partial charge is 0.163 e. The molecule has 5 nitrogen and oxygen atoms in total. The van der Waals surface area contributed by atoms with Crippen molar-refractivity contribution in [1.29, 1.82) is 0 Å². The summed E-state index contributed by atoms with van der Waals surface area (Å²) in [6, 6.07) is 12.9. The van der Waals surface area contributed by atoms with E-state index in [0.29, 0.717) is 19.4 Å². The van der Waals surface area contributed by atoms with E-state index < -0.39 is 0 Å². The fourth-order valence-electron chi connectivity index (χ4n) is 4.20. The number of aryl methyl sites for hydroxylation is 1. The van der Waals surface area contributed by atoms with Gasteiger partial charge in [0.2, 0.25) is 0 Å². The quantitative estimate of drug-likeness (QED) is 0.387. The number of benzene rings is 2. The lowest BCUT2D eigenvalue weighted by Gasteiger charge is -2.19. The van der Waals surface area contributed by atoms with Crippen LogP contribution >= 0.6 is 0 Å². The molecule has 2 heterocycles. The van der Waals surface area contributed by atoms with E-state index in [1.807, 2.05) is 37.3 Å². The number of carbonyl (C=O) groups is 1. The number of rotatable bonds is 8. The topological polar surface area (TPSA) is 55.3 Å². The zero-order valence-electron chi connectivity index (χ0n) is 17.9. The van der Waals surface area contributed by atoms with E-state index in [1.54, 1.807) is 19.5 Å². The van der Waals surface area contributed by atoms with Crippen molar-refractivity contribution >= 4 is 17.3 Å². The Hall–Kier alpha value is -3.12. The maximum atomic E-state index is 13.7. The van der Waals surface area contributed by atoms with Crippen LogP contribution in [0.4, 0.5) is 15.9 Å². The van der Waals surface area contributed by atoms with E-state index in [1.165, 1.54) is 6.07 Å². The lowest BCUT2D eigenvalue weighted by molar-refractivity contribution is 0.0962. The van der Waals surface area contributed by atoms with Crippen LogP contribution in [0, 0.1) is 12.7 Å². The minimum Gasteiger partial charge on any atom is -0.385 e. The highest BCUT2D eigenvalue weighted by atomic mass is 19.1. The summed E-state index contributed by atoms with van der Waals surface area (Å²) in [5.74, 6) is 0.710. The molecule has 4 rings (SSSR count). The summed E-state index contributed by atoms with van der Waals surface area (Å²) < 4.78 is 18.8. The van der Waals surface area contributed by atoms with Crippen LogP contribution in [0.15, 0.2) is 48.8 Å². The standard InChI is InChI=1S/C25H26FN3O2/c1-17-11-18(13-19(26)12-17)14-20-15-25(28-16-27-20)29-9-8-21-22(5-3-6-23(21)29)24(30)7-4-10-31-2/h3,5-6,11-13,15-16H,4,7-10,14H2,1-2H3. The molecule has 1 aliphatic rings. The van der Waals surface area contributed by atoms with Crippen LogP contribution in [0.5, 0.6) is 0 Å². The predicted octanol–water partition coefficient (Wildman–Crippen LogP) is 4.82. The van der Waals surface area contributed by atoms with Gasteiger partial charge in [0.15, 0.2) is 5.78 Å². The first-order chi connectivity index (χ1) is 15.0. The van der Waals surface area contributed by atoms with Gasteiger partial charge in [-0.05, 0) is 54.7 Å². The molecule has 0 spiro atoms. The second-order valence-corrected chi connectivity index (χ2v) is 7.91. The van der Waals surface area contributed by atoms with E-state index in [9.17, 15) is 9.18 Å². The van der Waals surface area contributed by atoms with Crippen molar-refractivity contribution < 1.29 is 13.9 Å². The zero-order valence-corrected chi connectivity index (χ0v) is 17.9. The molecular weight excluding hydrogens is 393 g/mol. The van der Waals surface area contributed by atoms with Gasteiger partial charge < -0.3 is 9.64 Å². The molecule has 0 radical (unpaired) electrons. The Morgan fingerprint density at radius 1 is 1.19 bits per heavy atom. The fraction of sp³-hybridized carbons (Fsp3) is 0.320. The first kappa shape index (κ1) is 21.1. The number of fused-ring (bicyclic) bond motifs is 1. The summed E-state index contributed by atoms with van der Waals surface area (Å²) in [6.07, 6.45) is 4.08. The summed E-state index contributed by atoms with van der Waals surface area (Å²) in [7, 11) is 1.65. The first-order valence-electron chi connectivity index (χ1n) is 10.5. The van der Waals surface area contributed by atoms with Gasteiger partial charge in [-0.25, -0.2) is 14.4 Å². The fourth-order valence-corrected chi connectivity index (χ4v) is 4.20. The Morgan fingerprint density at radius 3 is 2.87 bits per heavy atom. The van der Waals surface area contributed by atoms with E-state index in [2.05, 4.69) is 14.9 Å². The third-order valence-electron chi connectivity index (χ3n) is 5.55. The van der Waals surface area contributed by atoms with Crippen LogP contribution in [0.3, 0.4) is 0 Å². The number of nitrogens with zero attached hydrogens (tertiary/aromatic N) is 3. The molecular formula is C25H26FN3O2. The number of hydrogen-bond donors (Lipinski definition) is 0. The molecule has 0 bridgehead atoms. The number of hydrogen-bond acceptors (Lipinski definition) is 5. The average Bonchev–Trinajstić information content (AvgIpc) is 3.17. The summed E-state index contributed by atoms with van der Waals surface area (Å²) in [5, 5.41) is 0. The van der Waals surface area contributed by atoms with Crippen LogP contribution in [0.1, 0.15) is 45.6 Å². The largest absolute Gasteiger partial charge is 0.385 e. The Morgan fingerprint density at radius 2 is 2.06 bits per heavy atom. The van der Waals surface area contributed by atoms with Gasteiger partial charge in [-0.15, -0.1) is 0 Å². The maximum absolute atomic E-state index is 13.7. The van der Waals surface area contributed by atoms with Crippen molar-refractivity contribution in [3.8, 4) is 0 Å². The molecule has 0 aliphatic carbocycles. The Balaban J connectivity index is 1.57. The molecule has 0 fully saturated rings. The normalized spacial score (nSPS) is 12.8. The lowest BCUT2D eigenvalue weighted by atomic mass is 9.99. The maximum Gasteiger partial charge on any atom is 0.163 e. The second-order valence-electron chi connectivity index (χ2n) is 7.91. The predicted molar refractivity (Wildman–Crippen MR) is 119 cm³/mol. The van der Waals surface area contributed by atoms with Crippen molar-refractivity contribution in [1.82, 2.24) is 9.97 Å². The molecule has 0 atom stereocenters. The molecule has 0 unspecified atom stereocenters. The number of methoxy groups -OCH3 is 1. The van der Waals surface area contributed by atoms with E-state index in [4.69, 9.17) is 4.74 Å². The highest BCUT2D eigenvalue weighted by Crippen LogP contribution is 2.36. The van der Waals surface area contributed by atoms with Gasteiger partial charge in [-0.1, -0.05) is 18.2 Å². The molecule has 0 saturated carbocycles. The van der Waals surface area contributed by atoms with Crippen molar-refractivity contribution in [2.45, 2.75) is 32.6 Å². The van der Waals surface area contributed by atoms with Crippen molar-refractivity contribution in [3.63, 3.8) is 0 Å². The van der Waals surface area contributed by atoms with Gasteiger partial charge in [-0.3, -0.25) is 4.79 Å². The number of carbonyl (C=O) groups excluding carboxylic acids is 1. The third-order valence-corrected chi connectivity index (χ3v) is 5.55. The minimum atomic E-state index is -0.236. The second kappa shape index (κ2) is 9.35. The summed E-state index contributed by atoms with van der Waals surface area (Å²) in [6.45, 7) is 3.22. The molecule has 3 aromatic rings. The van der Waals surface area contributed by atoms with Gasteiger partial charge in [-0.2, -0.15) is 0 Å². The monoisotopic (exact) mass is 419 g/mol. The number of anilines is 2. The van der Waals surface area contributed by atoms with Crippen molar-refractivity contribution in [3.05, 3.63) is 82.6 Å². The van der Waals surface area contributed by atoms with Crippen LogP contribution < -0.4 is 4.90 Å². The molecule has 2 aromatic carbocycles. The lowest BCUT2D eigenvalue weighted by Crippen LogP contribution is -2.15. The summed E-state index contributed by atoms with van der Waals surface area (Å²) >= 11 is 0. The van der Waals surface area contributed by atoms with E-state index in [-0.39, 0.29) is 11.6 Å². The van der Waals surface area contributed by atoms with Gasteiger partial charge >= 0.3 is 0 Å². The Kier molecular flexibility index (Phi) is 6.37. The summed E-state index contributed by atoms with van der Waals surface area (Å²) in [5.41, 5.74) is 5.49. The molecule has 6 heteroatoms. The molecule has 0 N–H and O–H groups in total. The minimum absolute atomic E-state index is 0.153. The summed E-state index contributed by atoms with van der Waals surface area (Å²) in [4.78, 5) is 23.7. The third kappa shape index (κ3) is 4.80. The van der Waals surface area contributed by atoms with Crippen LogP contribution in [-0.4, -0.2) is 36.0 Å². The molecule has 0 amide bonds. The number of Topliss-reactive ketones (excluding diaryl/α,β-unsaturated/α-hetero) is 1. The van der Waals surface area contributed by atoms with Crippen molar-refractivity contribution in [2.24, 2.45) is 0 Å². The number of ether oxygens (including phenoxy) is 1. The van der Waals surface area contributed by atoms with Gasteiger partial charge in [0.1, 0.15) is 18.0 Å². The van der Waals surface area contributed by atoms with E-state index in [0.717, 1.165) is 58.8 Å². The first-order valence-corrected chi connectivity index (χ1v) is 10.5. The van der Waals surface area contributed by atoms with Crippen LogP contribution in [-0.2, 0) is 17.6 Å².